The molecule has 116 valence electrons. The summed E-state index contributed by atoms with van der Waals surface area (Å²) >= 11 is 6.03. The lowest BCUT2D eigenvalue weighted by molar-refractivity contribution is -0.119. The zero-order valence-electron chi connectivity index (χ0n) is 12.8. The zero-order valence-corrected chi connectivity index (χ0v) is 13.6. The van der Waals surface area contributed by atoms with Gasteiger partial charge in [0, 0.05) is 12.0 Å². The van der Waals surface area contributed by atoms with Crippen LogP contribution in [0.2, 0.25) is 5.15 Å². The van der Waals surface area contributed by atoms with Gasteiger partial charge in [0.25, 0.3) is 0 Å². The summed E-state index contributed by atoms with van der Waals surface area (Å²) in [5.41, 5.74) is 5.63. The standard InChI is InChI=1S/C15H23ClN4O/c1-15(2,3)7-6-10(13(17)21)18-12-8-11(16)19-14(20-12)9-4-5-9/h8-10H,4-7H2,1-3H3,(H2,17,21)(H,18,19,20)/t10-/m0/s1. The van der Waals surface area contributed by atoms with E-state index in [1.54, 1.807) is 6.07 Å². The molecule has 1 aromatic heterocycles. The van der Waals surface area contributed by atoms with E-state index in [1.807, 2.05) is 0 Å². The predicted octanol–water partition coefficient (Wildman–Crippen LogP) is 3.10. The number of nitrogens with two attached hydrogens (primary N) is 1. The molecule has 0 aliphatic heterocycles. The second-order valence-corrected chi connectivity index (χ2v) is 7.29. The minimum absolute atomic E-state index is 0.151. The summed E-state index contributed by atoms with van der Waals surface area (Å²) in [5.74, 6) is 1.37. The second-order valence-electron chi connectivity index (χ2n) is 6.91. The van der Waals surface area contributed by atoms with Crippen molar-refractivity contribution < 1.29 is 4.79 Å². The molecule has 1 aromatic rings. The Kier molecular flexibility index (Phi) is 4.71. The van der Waals surface area contributed by atoms with E-state index in [9.17, 15) is 4.79 Å². The average molecular weight is 311 g/mol. The molecule has 1 amide bonds. The molecule has 0 aromatic carbocycles. The minimum Gasteiger partial charge on any atom is -0.368 e. The monoisotopic (exact) mass is 310 g/mol. The molecule has 1 aliphatic rings. The van der Waals surface area contributed by atoms with E-state index < -0.39 is 6.04 Å². The molecule has 1 fully saturated rings. The van der Waals surface area contributed by atoms with Gasteiger partial charge in [0.1, 0.15) is 22.8 Å². The lowest BCUT2D eigenvalue weighted by atomic mass is 9.88. The Morgan fingerprint density at radius 2 is 2.14 bits per heavy atom. The summed E-state index contributed by atoms with van der Waals surface area (Å²) < 4.78 is 0. The number of hydrogen-bond acceptors (Lipinski definition) is 4. The normalized spacial score (nSPS) is 16.6. The Morgan fingerprint density at radius 1 is 1.48 bits per heavy atom. The first-order valence-electron chi connectivity index (χ1n) is 7.35. The van der Waals surface area contributed by atoms with E-state index in [-0.39, 0.29) is 11.3 Å². The summed E-state index contributed by atoms with van der Waals surface area (Å²) in [6, 6.07) is 1.20. The highest BCUT2D eigenvalue weighted by molar-refractivity contribution is 6.29. The largest absolute Gasteiger partial charge is 0.368 e. The number of rotatable bonds is 6. The molecule has 1 atom stereocenters. The van der Waals surface area contributed by atoms with Gasteiger partial charge >= 0.3 is 0 Å². The third-order valence-corrected chi connectivity index (χ3v) is 3.70. The van der Waals surface area contributed by atoms with Crippen LogP contribution in [0.25, 0.3) is 0 Å². The number of halogens is 1. The third kappa shape index (κ3) is 5.16. The second kappa shape index (κ2) is 6.18. The quantitative estimate of drug-likeness (QED) is 0.791. The van der Waals surface area contributed by atoms with Crippen LogP contribution in [0.5, 0.6) is 0 Å². The molecule has 0 unspecified atom stereocenters. The van der Waals surface area contributed by atoms with E-state index in [4.69, 9.17) is 17.3 Å². The Labute approximate surface area is 130 Å². The number of aromatic nitrogens is 2. The summed E-state index contributed by atoms with van der Waals surface area (Å²) in [6.45, 7) is 6.41. The third-order valence-electron chi connectivity index (χ3n) is 3.50. The van der Waals surface area contributed by atoms with Crippen LogP contribution in [0, 0.1) is 5.41 Å². The van der Waals surface area contributed by atoms with Gasteiger partial charge < -0.3 is 11.1 Å². The number of amides is 1. The molecule has 3 N–H and O–H groups in total. The molecule has 5 nitrogen and oxygen atoms in total. The van der Waals surface area contributed by atoms with Crippen molar-refractivity contribution in [1.29, 1.82) is 0 Å². The number of nitrogens with zero attached hydrogens (tertiary/aromatic N) is 2. The van der Waals surface area contributed by atoms with Gasteiger partial charge in [0.15, 0.2) is 0 Å². The smallest absolute Gasteiger partial charge is 0.239 e. The van der Waals surface area contributed by atoms with Crippen LogP contribution in [0.15, 0.2) is 6.07 Å². The van der Waals surface area contributed by atoms with E-state index in [0.717, 1.165) is 25.1 Å². The van der Waals surface area contributed by atoms with Crippen LogP contribution in [0.3, 0.4) is 0 Å². The molecule has 0 radical (unpaired) electrons. The first-order valence-corrected chi connectivity index (χ1v) is 7.73. The van der Waals surface area contributed by atoms with Crippen molar-refractivity contribution >= 4 is 23.3 Å². The lowest BCUT2D eigenvalue weighted by Gasteiger charge is -2.22. The SMILES string of the molecule is CC(C)(C)CC[C@H](Nc1cc(Cl)nc(C2CC2)n1)C(N)=O. The first-order chi connectivity index (χ1) is 9.74. The molecule has 21 heavy (non-hydrogen) atoms. The van der Waals surface area contributed by atoms with Gasteiger partial charge in [0.2, 0.25) is 5.91 Å². The Balaban J connectivity index is 2.07. The molecular weight excluding hydrogens is 288 g/mol. The van der Waals surface area contributed by atoms with Crippen LogP contribution in [0.4, 0.5) is 5.82 Å². The van der Waals surface area contributed by atoms with Gasteiger partial charge in [-0.25, -0.2) is 9.97 Å². The van der Waals surface area contributed by atoms with Gasteiger partial charge in [-0.2, -0.15) is 0 Å². The van der Waals surface area contributed by atoms with Crippen LogP contribution >= 0.6 is 11.6 Å². The summed E-state index contributed by atoms with van der Waals surface area (Å²) in [5, 5.41) is 3.50. The molecule has 1 heterocycles. The molecular formula is C15H23ClN4O. The Bertz CT molecular complexity index is 523. The van der Waals surface area contributed by atoms with Crippen molar-refractivity contribution in [1.82, 2.24) is 9.97 Å². The minimum atomic E-state index is -0.442. The Hall–Kier alpha value is -1.36. The predicted molar refractivity (Wildman–Crippen MR) is 84.3 cm³/mol. The van der Waals surface area contributed by atoms with Crippen molar-refractivity contribution in [2.45, 2.75) is 58.4 Å². The molecule has 0 saturated heterocycles. The molecule has 0 bridgehead atoms. The van der Waals surface area contributed by atoms with Gasteiger partial charge in [-0.15, -0.1) is 0 Å². The summed E-state index contributed by atoms with van der Waals surface area (Å²) in [4.78, 5) is 20.3. The fraction of sp³-hybridized carbons (Fsp3) is 0.667. The number of primary amides is 1. The maximum Gasteiger partial charge on any atom is 0.239 e. The highest BCUT2D eigenvalue weighted by Crippen LogP contribution is 2.38. The summed E-state index contributed by atoms with van der Waals surface area (Å²) in [7, 11) is 0. The molecule has 6 heteroatoms. The van der Waals surface area contributed by atoms with E-state index in [1.165, 1.54) is 0 Å². The van der Waals surface area contributed by atoms with Crippen molar-refractivity contribution in [3.05, 3.63) is 17.0 Å². The van der Waals surface area contributed by atoms with Crippen molar-refractivity contribution in [2.24, 2.45) is 11.1 Å². The first kappa shape index (κ1) is 16.0. The summed E-state index contributed by atoms with van der Waals surface area (Å²) in [6.07, 6.45) is 3.76. The Morgan fingerprint density at radius 3 is 2.67 bits per heavy atom. The molecule has 2 rings (SSSR count). The topological polar surface area (TPSA) is 80.9 Å². The fourth-order valence-electron chi connectivity index (χ4n) is 2.07. The van der Waals surface area contributed by atoms with Crippen LogP contribution in [-0.2, 0) is 4.79 Å². The number of hydrogen-bond donors (Lipinski definition) is 2. The highest BCUT2D eigenvalue weighted by Gasteiger charge is 2.28. The molecule has 1 aliphatic carbocycles. The molecule has 1 saturated carbocycles. The van der Waals surface area contributed by atoms with Crippen LogP contribution in [0.1, 0.15) is 58.2 Å². The zero-order chi connectivity index (χ0) is 15.6. The fourth-order valence-corrected chi connectivity index (χ4v) is 2.26. The highest BCUT2D eigenvalue weighted by atomic mass is 35.5. The van der Waals surface area contributed by atoms with Crippen LogP contribution < -0.4 is 11.1 Å². The van der Waals surface area contributed by atoms with Gasteiger partial charge in [-0.05, 0) is 31.1 Å². The van der Waals surface area contributed by atoms with Crippen molar-refractivity contribution in [3.63, 3.8) is 0 Å². The van der Waals surface area contributed by atoms with Crippen molar-refractivity contribution in [3.8, 4) is 0 Å². The maximum absolute atomic E-state index is 11.6. The van der Waals surface area contributed by atoms with E-state index in [0.29, 0.717) is 23.3 Å². The van der Waals surface area contributed by atoms with Crippen LogP contribution in [-0.4, -0.2) is 21.9 Å². The number of carbonyl (C=O) groups excluding carboxylic acids is 1. The number of nitrogens with one attached hydrogen (secondary N) is 1. The molecule has 0 spiro atoms. The van der Waals surface area contributed by atoms with Crippen molar-refractivity contribution in [2.75, 3.05) is 5.32 Å². The average Bonchev–Trinajstić information content (AvgIpc) is 3.16. The number of anilines is 1. The number of carbonyl (C=O) groups is 1. The van der Waals surface area contributed by atoms with E-state index in [2.05, 4.69) is 36.1 Å². The lowest BCUT2D eigenvalue weighted by Crippen LogP contribution is -2.36. The maximum atomic E-state index is 11.6. The van der Waals surface area contributed by atoms with Gasteiger partial charge in [-0.3, -0.25) is 4.79 Å². The van der Waals surface area contributed by atoms with Gasteiger partial charge in [0.05, 0.1) is 0 Å². The van der Waals surface area contributed by atoms with E-state index >= 15 is 0 Å². The van der Waals surface area contributed by atoms with Gasteiger partial charge in [-0.1, -0.05) is 32.4 Å².